The van der Waals surface area contributed by atoms with Crippen molar-refractivity contribution in [2.75, 3.05) is 26.3 Å². The zero-order valence-electron chi connectivity index (χ0n) is 21.0. The van der Waals surface area contributed by atoms with Crippen LogP contribution >= 0.6 is 0 Å². The predicted molar refractivity (Wildman–Crippen MR) is 134 cm³/mol. The lowest BCUT2D eigenvalue weighted by atomic mass is 10.1. The van der Waals surface area contributed by atoms with Gasteiger partial charge in [-0.25, -0.2) is 9.59 Å². The molecule has 0 spiro atoms. The Morgan fingerprint density at radius 2 is 1.06 bits per heavy atom. The van der Waals surface area contributed by atoms with Crippen molar-refractivity contribution in [1.29, 1.82) is 0 Å². The lowest BCUT2D eigenvalue weighted by Crippen LogP contribution is -2.21. The molecule has 1 aromatic rings. The Labute approximate surface area is 201 Å². The quantitative estimate of drug-likeness (QED) is 0.225. The van der Waals surface area contributed by atoms with E-state index in [0.29, 0.717) is 24.3 Å². The fraction of sp³-hybridized carbons (Fsp3) is 0.704. The number of hydrazine groups is 1. The van der Waals surface area contributed by atoms with Gasteiger partial charge in [0.1, 0.15) is 0 Å². The smallest absolute Gasteiger partial charge is 0.339 e. The molecule has 1 aromatic carbocycles. The van der Waals surface area contributed by atoms with Gasteiger partial charge in [0, 0.05) is 13.1 Å². The van der Waals surface area contributed by atoms with Crippen LogP contribution in [0.1, 0.15) is 118 Å². The number of carbonyl (C=O) groups excluding carboxylic acids is 2. The predicted octanol–water partition coefficient (Wildman–Crippen LogP) is 6.21. The van der Waals surface area contributed by atoms with E-state index in [2.05, 4.69) is 24.7 Å². The normalized spacial score (nSPS) is 12.7. The molecule has 2 N–H and O–H groups in total. The van der Waals surface area contributed by atoms with E-state index in [1.807, 2.05) is 0 Å². The molecule has 0 saturated carbocycles. The molecule has 2 rings (SSSR count). The van der Waals surface area contributed by atoms with Gasteiger partial charge in [0.25, 0.3) is 0 Å². The van der Waals surface area contributed by atoms with Crippen molar-refractivity contribution in [2.24, 2.45) is 0 Å². The molecule has 1 saturated heterocycles. The van der Waals surface area contributed by atoms with Crippen molar-refractivity contribution in [3.8, 4) is 0 Å². The number of ether oxygens (including phenoxy) is 2. The van der Waals surface area contributed by atoms with E-state index < -0.39 is 11.9 Å². The minimum Gasteiger partial charge on any atom is -0.462 e. The molecule has 1 aliphatic heterocycles. The van der Waals surface area contributed by atoms with E-state index >= 15 is 0 Å². The molecule has 1 fully saturated rings. The van der Waals surface area contributed by atoms with Gasteiger partial charge < -0.3 is 9.47 Å². The number of benzene rings is 1. The van der Waals surface area contributed by atoms with Gasteiger partial charge in [-0.1, -0.05) is 90.2 Å². The maximum absolute atomic E-state index is 12.4. The lowest BCUT2D eigenvalue weighted by molar-refractivity contribution is 0.0450. The maximum Gasteiger partial charge on any atom is 0.339 e. The van der Waals surface area contributed by atoms with Gasteiger partial charge in [0.2, 0.25) is 0 Å². The van der Waals surface area contributed by atoms with Crippen LogP contribution in [-0.4, -0.2) is 38.2 Å². The Morgan fingerprint density at radius 1 is 0.667 bits per heavy atom. The van der Waals surface area contributed by atoms with Crippen molar-refractivity contribution >= 4 is 11.9 Å². The highest BCUT2D eigenvalue weighted by Gasteiger charge is 2.18. The molecule has 33 heavy (non-hydrogen) atoms. The second kappa shape index (κ2) is 20.7. The van der Waals surface area contributed by atoms with Crippen LogP contribution in [0.15, 0.2) is 24.3 Å². The average Bonchev–Trinajstić information content (AvgIpc) is 3.43. The summed E-state index contributed by atoms with van der Waals surface area (Å²) in [4.78, 5) is 24.7. The lowest BCUT2D eigenvalue weighted by Gasteiger charge is -2.10. The second-order valence-electron chi connectivity index (χ2n) is 8.56. The van der Waals surface area contributed by atoms with Crippen LogP contribution in [-0.2, 0) is 9.47 Å². The molecular weight excluding hydrogens is 416 g/mol. The standard InChI is InChI=1S/C24H38O4.C3H8N2/c1-3-5-7-9-11-15-19-27-23(25)21-17-13-14-18-22(21)24(26)28-20-16-12-10-8-6-4-2;1-2-4-5-3-1/h13-14,17-18H,3-12,15-16,19-20H2,1-2H3;4-5H,1-3H2. The van der Waals surface area contributed by atoms with Crippen LogP contribution in [0.5, 0.6) is 0 Å². The van der Waals surface area contributed by atoms with Crippen LogP contribution in [0.2, 0.25) is 0 Å². The molecule has 0 aliphatic carbocycles. The van der Waals surface area contributed by atoms with Gasteiger partial charge in [0.15, 0.2) is 0 Å². The molecule has 0 unspecified atom stereocenters. The molecule has 1 aliphatic rings. The Hall–Kier alpha value is -1.92. The Bertz CT molecular complexity index is 576. The van der Waals surface area contributed by atoms with Crippen LogP contribution in [0.4, 0.5) is 0 Å². The summed E-state index contributed by atoms with van der Waals surface area (Å²) in [5.74, 6) is -0.888. The Morgan fingerprint density at radius 3 is 1.42 bits per heavy atom. The molecule has 0 atom stereocenters. The summed E-state index contributed by atoms with van der Waals surface area (Å²) in [6, 6.07) is 6.74. The van der Waals surface area contributed by atoms with Gasteiger partial charge in [-0.05, 0) is 31.4 Å². The van der Waals surface area contributed by atoms with Crippen molar-refractivity contribution < 1.29 is 19.1 Å². The van der Waals surface area contributed by atoms with Crippen LogP contribution in [0.3, 0.4) is 0 Å². The second-order valence-corrected chi connectivity index (χ2v) is 8.56. The molecule has 6 heteroatoms. The zero-order chi connectivity index (χ0) is 24.0. The molecule has 0 amide bonds. The SMILES string of the molecule is C1CNNC1.CCCCCCCCOC(=O)c1ccccc1C(=O)OCCCCCCCC. The summed E-state index contributed by atoms with van der Waals surface area (Å²) in [6.07, 6.45) is 14.9. The molecule has 6 nitrogen and oxygen atoms in total. The van der Waals surface area contributed by atoms with E-state index in [1.165, 1.54) is 57.8 Å². The van der Waals surface area contributed by atoms with Crippen molar-refractivity contribution in [3.63, 3.8) is 0 Å². The summed E-state index contributed by atoms with van der Waals surface area (Å²) in [7, 11) is 0. The molecule has 0 bridgehead atoms. The topological polar surface area (TPSA) is 76.7 Å². The summed E-state index contributed by atoms with van der Waals surface area (Å²) < 4.78 is 10.7. The van der Waals surface area contributed by atoms with Gasteiger partial charge in [0.05, 0.1) is 24.3 Å². The maximum atomic E-state index is 12.4. The molecular formula is C27H46N2O4. The van der Waals surface area contributed by atoms with Gasteiger partial charge in [-0.15, -0.1) is 0 Å². The number of rotatable bonds is 16. The number of hydrogen-bond acceptors (Lipinski definition) is 6. The third-order valence-electron chi connectivity index (χ3n) is 5.56. The van der Waals surface area contributed by atoms with E-state index in [-0.39, 0.29) is 0 Å². The first kappa shape index (κ1) is 29.1. The third-order valence-corrected chi connectivity index (χ3v) is 5.56. The highest BCUT2D eigenvalue weighted by atomic mass is 16.5. The highest BCUT2D eigenvalue weighted by Crippen LogP contribution is 2.14. The first-order chi connectivity index (χ1) is 16.2. The van der Waals surface area contributed by atoms with E-state index in [9.17, 15) is 9.59 Å². The number of carbonyl (C=O) groups is 2. The largest absolute Gasteiger partial charge is 0.462 e. The summed E-state index contributed by atoms with van der Waals surface area (Å²) in [5.41, 5.74) is 6.53. The van der Waals surface area contributed by atoms with Crippen LogP contribution in [0.25, 0.3) is 0 Å². The minimum absolute atomic E-state index is 0.293. The average molecular weight is 463 g/mol. The fourth-order valence-corrected chi connectivity index (χ4v) is 3.53. The van der Waals surface area contributed by atoms with Gasteiger partial charge in [-0.2, -0.15) is 0 Å². The minimum atomic E-state index is -0.444. The van der Waals surface area contributed by atoms with Crippen molar-refractivity contribution in [1.82, 2.24) is 10.9 Å². The fourth-order valence-electron chi connectivity index (χ4n) is 3.53. The number of nitrogens with one attached hydrogen (secondary N) is 2. The van der Waals surface area contributed by atoms with Crippen molar-refractivity contribution in [3.05, 3.63) is 35.4 Å². The number of unbranched alkanes of at least 4 members (excludes halogenated alkanes) is 10. The first-order valence-electron chi connectivity index (χ1n) is 13.1. The highest BCUT2D eigenvalue weighted by molar-refractivity contribution is 6.03. The van der Waals surface area contributed by atoms with Crippen LogP contribution < -0.4 is 10.9 Å². The number of hydrogen-bond donors (Lipinski definition) is 2. The van der Waals surface area contributed by atoms with E-state index in [1.54, 1.807) is 24.3 Å². The Kier molecular flexibility index (Phi) is 18.2. The summed E-state index contributed by atoms with van der Waals surface area (Å²) >= 11 is 0. The van der Waals surface area contributed by atoms with Gasteiger partial charge >= 0.3 is 11.9 Å². The third kappa shape index (κ3) is 14.8. The monoisotopic (exact) mass is 462 g/mol. The zero-order valence-corrected chi connectivity index (χ0v) is 21.0. The Balaban J connectivity index is 0.000000953. The summed E-state index contributed by atoms with van der Waals surface area (Å²) in [5, 5.41) is 0. The van der Waals surface area contributed by atoms with E-state index in [0.717, 1.165) is 38.8 Å². The van der Waals surface area contributed by atoms with Crippen molar-refractivity contribution in [2.45, 2.75) is 97.3 Å². The molecule has 1 heterocycles. The van der Waals surface area contributed by atoms with Gasteiger partial charge in [-0.3, -0.25) is 10.9 Å². The molecule has 188 valence electrons. The molecule has 0 radical (unpaired) electrons. The number of esters is 2. The molecule has 0 aromatic heterocycles. The van der Waals surface area contributed by atoms with E-state index in [4.69, 9.17) is 9.47 Å². The first-order valence-corrected chi connectivity index (χ1v) is 13.1. The summed E-state index contributed by atoms with van der Waals surface area (Å²) in [6.45, 7) is 7.45. The van der Waals surface area contributed by atoms with Crippen LogP contribution in [0, 0.1) is 0 Å².